The molecule has 1 aliphatic rings. The third-order valence-electron chi connectivity index (χ3n) is 4.99. The number of nitrogens with one attached hydrogen (secondary N) is 1. The second kappa shape index (κ2) is 8.73. The molecule has 3 amide bonds. The van der Waals surface area contributed by atoms with E-state index < -0.39 is 0 Å². The average molecular weight is 405 g/mol. The van der Waals surface area contributed by atoms with E-state index in [-0.39, 0.29) is 11.9 Å². The van der Waals surface area contributed by atoms with Crippen LogP contribution in [0.5, 0.6) is 0 Å². The Labute approximate surface area is 174 Å². The second-order valence-electron chi connectivity index (χ2n) is 7.18. The van der Waals surface area contributed by atoms with Gasteiger partial charge < -0.3 is 15.1 Å². The lowest BCUT2D eigenvalue weighted by molar-refractivity contribution is 0.0762. The number of rotatable bonds is 3. The number of anilines is 1. The van der Waals surface area contributed by atoms with E-state index in [1.54, 1.807) is 34.2 Å². The van der Waals surface area contributed by atoms with E-state index in [2.05, 4.69) is 20.4 Å². The molecule has 1 aromatic carbocycles. The van der Waals surface area contributed by atoms with E-state index in [0.717, 1.165) is 12.0 Å². The number of urea groups is 1. The van der Waals surface area contributed by atoms with E-state index >= 15 is 0 Å². The van der Waals surface area contributed by atoms with Crippen molar-refractivity contribution in [2.45, 2.75) is 13.3 Å². The van der Waals surface area contributed by atoms with Crippen LogP contribution in [0.2, 0.25) is 0 Å². The van der Waals surface area contributed by atoms with Gasteiger partial charge in [-0.1, -0.05) is 17.7 Å². The molecule has 0 saturated carbocycles. The normalized spacial score (nSPS) is 14.3. The molecule has 3 heterocycles. The average Bonchev–Trinajstić information content (AvgIpc) is 3.18. The zero-order valence-corrected chi connectivity index (χ0v) is 16.7. The lowest BCUT2D eigenvalue weighted by Crippen LogP contribution is -2.39. The van der Waals surface area contributed by atoms with Gasteiger partial charge in [0, 0.05) is 31.7 Å². The van der Waals surface area contributed by atoms with E-state index in [1.807, 2.05) is 36.1 Å². The predicted molar refractivity (Wildman–Crippen MR) is 111 cm³/mol. The molecule has 0 radical (unpaired) electrons. The Bertz CT molecular complexity index is 1020. The number of aryl methyl sites for hydroxylation is 1. The number of amides is 3. The number of benzene rings is 1. The molecule has 30 heavy (non-hydrogen) atoms. The van der Waals surface area contributed by atoms with Gasteiger partial charge in [-0.15, -0.1) is 0 Å². The van der Waals surface area contributed by atoms with Crippen molar-refractivity contribution in [2.75, 3.05) is 31.5 Å². The molecule has 1 saturated heterocycles. The second-order valence-corrected chi connectivity index (χ2v) is 7.18. The van der Waals surface area contributed by atoms with Gasteiger partial charge in [0.15, 0.2) is 5.82 Å². The Morgan fingerprint density at radius 3 is 2.60 bits per heavy atom. The van der Waals surface area contributed by atoms with Crippen LogP contribution in [0.4, 0.5) is 10.5 Å². The highest BCUT2D eigenvalue weighted by molar-refractivity contribution is 5.94. The highest BCUT2D eigenvalue weighted by Crippen LogP contribution is 2.13. The van der Waals surface area contributed by atoms with Crippen molar-refractivity contribution < 1.29 is 9.59 Å². The summed E-state index contributed by atoms with van der Waals surface area (Å²) in [6.07, 6.45) is 5.31. The van der Waals surface area contributed by atoms with Gasteiger partial charge in [0.05, 0.1) is 11.9 Å². The van der Waals surface area contributed by atoms with Gasteiger partial charge >= 0.3 is 6.03 Å². The molecule has 154 valence electrons. The van der Waals surface area contributed by atoms with Crippen molar-refractivity contribution in [3.63, 3.8) is 0 Å². The van der Waals surface area contributed by atoms with Crippen LogP contribution in [0.25, 0.3) is 5.82 Å². The standard InChI is InChI=1S/C21H23N7O2/c1-16-4-2-5-17(12-16)20(29)26-8-3-9-27(11-10-26)21(30)25-18-6-7-19(23-13-18)28-15-22-14-24-28/h2,4-7,12-15H,3,8-11H2,1H3,(H,25,30). The molecular weight excluding hydrogens is 382 g/mol. The van der Waals surface area contributed by atoms with Gasteiger partial charge in [-0.05, 0) is 37.6 Å². The molecule has 9 heteroatoms. The smallest absolute Gasteiger partial charge is 0.321 e. The Morgan fingerprint density at radius 2 is 1.87 bits per heavy atom. The molecule has 1 fully saturated rings. The molecule has 9 nitrogen and oxygen atoms in total. The van der Waals surface area contributed by atoms with Crippen LogP contribution in [-0.4, -0.2) is 67.7 Å². The van der Waals surface area contributed by atoms with Crippen LogP contribution < -0.4 is 5.32 Å². The first kappa shape index (κ1) is 19.6. The fraction of sp³-hybridized carbons (Fsp3) is 0.286. The molecule has 0 bridgehead atoms. The molecule has 4 rings (SSSR count). The molecule has 0 aliphatic carbocycles. The summed E-state index contributed by atoms with van der Waals surface area (Å²) >= 11 is 0. The van der Waals surface area contributed by atoms with Gasteiger partial charge in [-0.25, -0.2) is 19.4 Å². The first-order chi connectivity index (χ1) is 14.6. The van der Waals surface area contributed by atoms with Gasteiger partial charge in [0.2, 0.25) is 0 Å². The number of carbonyl (C=O) groups is 2. The van der Waals surface area contributed by atoms with Crippen molar-refractivity contribution in [2.24, 2.45) is 0 Å². The number of carbonyl (C=O) groups excluding carboxylic acids is 2. The number of aromatic nitrogens is 4. The number of hydrogen-bond donors (Lipinski definition) is 1. The van der Waals surface area contributed by atoms with Crippen LogP contribution >= 0.6 is 0 Å². The van der Waals surface area contributed by atoms with Gasteiger partial charge in [0.1, 0.15) is 12.7 Å². The lowest BCUT2D eigenvalue weighted by Gasteiger charge is -2.22. The van der Waals surface area contributed by atoms with Crippen LogP contribution in [0.15, 0.2) is 55.2 Å². The van der Waals surface area contributed by atoms with Crippen LogP contribution in [0.1, 0.15) is 22.3 Å². The molecule has 0 spiro atoms. The number of pyridine rings is 1. The predicted octanol–water partition coefficient (Wildman–Crippen LogP) is 2.35. The van der Waals surface area contributed by atoms with E-state index in [4.69, 9.17) is 0 Å². The minimum Gasteiger partial charge on any atom is -0.337 e. The zero-order chi connectivity index (χ0) is 20.9. The first-order valence-corrected chi connectivity index (χ1v) is 9.83. The van der Waals surface area contributed by atoms with Crippen molar-refractivity contribution in [1.82, 2.24) is 29.5 Å². The topological polar surface area (TPSA) is 96.2 Å². The Balaban J connectivity index is 1.35. The maximum absolute atomic E-state index is 12.8. The van der Waals surface area contributed by atoms with E-state index in [1.165, 1.54) is 6.33 Å². The summed E-state index contributed by atoms with van der Waals surface area (Å²) in [5.74, 6) is 0.624. The summed E-state index contributed by atoms with van der Waals surface area (Å²) in [4.78, 5) is 37.2. The van der Waals surface area contributed by atoms with Crippen molar-refractivity contribution >= 4 is 17.6 Å². The molecule has 1 N–H and O–H groups in total. The molecular formula is C21H23N7O2. The number of hydrogen-bond acceptors (Lipinski definition) is 5. The van der Waals surface area contributed by atoms with E-state index in [9.17, 15) is 9.59 Å². The largest absolute Gasteiger partial charge is 0.337 e. The minimum absolute atomic E-state index is 0.00820. The third kappa shape index (κ3) is 4.45. The highest BCUT2D eigenvalue weighted by Gasteiger charge is 2.23. The summed E-state index contributed by atoms with van der Waals surface area (Å²) in [6.45, 7) is 4.18. The molecule has 1 aliphatic heterocycles. The fourth-order valence-corrected chi connectivity index (χ4v) is 3.41. The zero-order valence-electron chi connectivity index (χ0n) is 16.7. The van der Waals surface area contributed by atoms with Crippen LogP contribution in [0, 0.1) is 6.92 Å². The van der Waals surface area contributed by atoms with Crippen LogP contribution in [-0.2, 0) is 0 Å². The van der Waals surface area contributed by atoms with Crippen LogP contribution in [0.3, 0.4) is 0 Å². The summed E-state index contributed by atoms with van der Waals surface area (Å²) in [7, 11) is 0. The highest BCUT2D eigenvalue weighted by atomic mass is 16.2. The maximum atomic E-state index is 12.8. The summed E-state index contributed by atoms with van der Waals surface area (Å²) in [5, 5.41) is 6.90. The minimum atomic E-state index is -0.199. The maximum Gasteiger partial charge on any atom is 0.321 e. The van der Waals surface area contributed by atoms with Crippen molar-refractivity contribution in [3.05, 3.63) is 66.4 Å². The van der Waals surface area contributed by atoms with Gasteiger partial charge in [0.25, 0.3) is 5.91 Å². The monoisotopic (exact) mass is 405 g/mol. The summed E-state index contributed by atoms with van der Waals surface area (Å²) in [5.41, 5.74) is 2.34. The Morgan fingerprint density at radius 1 is 1.03 bits per heavy atom. The Kier molecular flexibility index (Phi) is 5.69. The van der Waals surface area contributed by atoms with Crippen molar-refractivity contribution in [1.29, 1.82) is 0 Å². The SMILES string of the molecule is Cc1cccc(C(=O)N2CCCN(C(=O)Nc3ccc(-n4cncn4)nc3)CC2)c1. The number of nitrogens with zero attached hydrogens (tertiary/aromatic N) is 6. The molecule has 3 aromatic rings. The first-order valence-electron chi connectivity index (χ1n) is 9.83. The quantitative estimate of drug-likeness (QED) is 0.722. The fourth-order valence-electron chi connectivity index (χ4n) is 3.41. The lowest BCUT2D eigenvalue weighted by atomic mass is 10.1. The molecule has 0 unspecified atom stereocenters. The molecule has 0 atom stereocenters. The van der Waals surface area contributed by atoms with E-state index in [0.29, 0.717) is 43.2 Å². The van der Waals surface area contributed by atoms with Gasteiger partial charge in [-0.2, -0.15) is 5.10 Å². The van der Waals surface area contributed by atoms with Gasteiger partial charge in [-0.3, -0.25) is 4.79 Å². The molecule has 2 aromatic heterocycles. The Hall–Kier alpha value is -3.75. The van der Waals surface area contributed by atoms with Crippen molar-refractivity contribution in [3.8, 4) is 5.82 Å². The third-order valence-corrected chi connectivity index (χ3v) is 4.99. The summed E-state index contributed by atoms with van der Waals surface area (Å²) < 4.78 is 1.54. The summed E-state index contributed by atoms with van der Waals surface area (Å²) in [6, 6.07) is 10.9.